The highest BCUT2D eigenvalue weighted by Gasteiger charge is 2.15. The fraction of sp³-hybridized carbons (Fsp3) is 0.0909. The van der Waals surface area contributed by atoms with Crippen LogP contribution in [0.2, 0.25) is 0 Å². The number of H-pyrrole nitrogens is 2. The van der Waals surface area contributed by atoms with E-state index in [2.05, 4.69) is 15.3 Å². The molecule has 1 atom stereocenters. The predicted molar refractivity (Wildman–Crippen MR) is 111 cm³/mol. The minimum atomic E-state index is -0.711. The fourth-order valence-electron chi connectivity index (χ4n) is 2.82. The second-order valence-corrected chi connectivity index (χ2v) is 6.48. The summed E-state index contributed by atoms with van der Waals surface area (Å²) in [6.45, 7) is 1.67. The Hall–Kier alpha value is -4.00. The number of ether oxygens (including phenoxy) is 2. The standard InChI is InChI=1S/C22H19N3O4/c1-14(21(26)23-15-7-12-19-20(13-15)25-22(27)24-19)28-17-8-10-18(11-9-17)29-16-5-3-2-4-6-16/h2-14H,1H3,(H,23,26)(H2,24,25,27). The van der Waals surface area contributed by atoms with Gasteiger partial charge in [-0.2, -0.15) is 0 Å². The second-order valence-electron chi connectivity index (χ2n) is 6.48. The zero-order valence-electron chi connectivity index (χ0n) is 15.6. The molecule has 29 heavy (non-hydrogen) atoms. The van der Waals surface area contributed by atoms with Crippen LogP contribution >= 0.6 is 0 Å². The molecule has 0 aliphatic rings. The molecule has 7 heteroatoms. The van der Waals surface area contributed by atoms with Crippen molar-refractivity contribution in [1.29, 1.82) is 0 Å². The smallest absolute Gasteiger partial charge is 0.323 e. The van der Waals surface area contributed by atoms with Gasteiger partial charge >= 0.3 is 5.69 Å². The number of fused-ring (bicyclic) bond motifs is 1. The Bertz CT molecular complexity index is 1180. The minimum absolute atomic E-state index is 0.292. The molecule has 0 bridgehead atoms. The molecule has 4 aromatic rings. The van der Waals surface area contributed by atoms with Crippen molar-refractivity contribution < 1.29 is 14.3 Å². The van der Waals surface area contributed by atoms with E-state index in [1.54, 1.807) is 49.4 Å². The monoisotopic (exact) mass is 389 g/mol. The van der Waals surface area contributed by atoms with Crippen molar-refractivity contribution in [3.05, 3.63) is 83.3 Å². The topological polar surface area (TPSA) is 96.2 Å². The van der Waals surface area contributed by atoms with Crippen molar-refractivity contribution in [1.82, 2.24) is 9.97 Å². The zero-order valence-corrected chi connectivity index (χ0v) is 15.6. The molecule has 1 heterocycles. The summed E-state index contributed by atoms with van der Waals surface area (Å²) in [5, 5.41) is 2.78. The number of para-hydroxylation sites is 1. The first-order chi connectivity index (χ1) is 14.1. The van der Waals surface area contributed by atoms with Crippen LogP contribution in [0.3, 0.4) is 0 Å². The predicted octanol–water partition coefficient (Wildman–Crippen LogP) is 4.05. The molecule has 1 aromatic heterocycles. The second kappa shape index (κ2) is 7.93. The molecule has 0 radical (unpaired) electrons. The first-order valence-corrected chi connectivity index (χ1v) is 9.09. The van der Waals surface area contributed by atoms with Crippen LogP contribution in [-0.2, 0) is 4.79 Å². The molecule has 7 nitrogen and oxygen atoms in total. The van der Waals surface area contributed by atoms with Crippen LogP contribution in [0.15, 0.2) is 77.6 Å². The van der Waals surface area contributed by atoms with Gasteiger partial charge in [-0.15, -0.1) is 0 Å². The zero-order chi connectivity index (χ0) is 20.2. The van der Waals surface area contributed by atoms with Crippen LogP contribution < -0.4 is 20.5 Å². The number of benzene rings is 3. The summed E-state index contributed by atoms with van der Waals surface area (Å²) in [5.41, 5.74) is 1.57. The lowest BCUT2D eigenvalue weighted by atomic mass is 10.2. The molecule has 0 aliphatic heterocycles. The lowest BCUT2D eigenvalue weighted by molar-refractivity contribution is -0.122. The molecule has 0 saturated carbocycles. The number of aromatic amines is 2. The van der Waals surface area contributed by atoms with Gasteiger partial charge in [-0.1, -0.05) is 18.2 Å². The van der Waals surface area contributed by atoms with Crippen molar-refractivity contribution in [3.63, 3.8) is 0 Å². The summed E-state index contributed by atoms with van der Waals surface area (Å²) >= 11 is 0. The average molecular weight is 389 g/mol. The van der Waals surface area contributed by atoms with Gasteiger partial charge in [0.05, 0.1) is 11.0 Å². The summed E-state index contributed by atoms with van der Waals surface area (Å²) in [4.78, 5) is 29.1. The van der Waals surface area contributed by atoms with Crippen molar-refractivity contribution >= 4 is 22.6 Å². The number of carbonyl (C=O) groups is 1. The quantitative estimate of drug-likeness (QED) is 0.463. The van der Waals surface area contributed by atoms with E-state index in [9.17, 15) is 9.59 Å². The fourth-order valence-corrected chi connectivity index (χ4v) is 2.82. The highest BCUT2D eigenvalue weighted by atomic mass is 16.5. The van der Waals surface area contributed by atoms with E-state index in [1.807, 2.05) is 30.3 Å². The summed E-state index contributed by atoms with van der Waals surface area (Å²) in [6.07, 6.45) is -0.711. The molecule has 1 amide bonds. The Kier molecular flexibility index (Phi) is 5.03. The normalized spacial score (nSPS) is 11.8. The maximum Gasteiger partial charge on any atom is 0.323 e. The summed E-state index contributed by atoms with van der Waals surface area (Å²) in [5.74, 6) is 1.68. The largest absolute Gasteiger partial charge is 0.481 e. The molecular weight excluding hydrogens is 370 g/mol. The van der Waals surface area contributed by atoms with Gasteiger partial charge in [0.2, 0.25) is 0 Å². The van der Waals surface area contributed by atoms with E-state index in [4.69, 9.17) is 9.47 Å². The maximum absolute atomic E-state index is 12.4. The Labute approximate surface area is 166 Å². The number of anilines is 1. The molecule has 3 aromatic carbocycles. The Morgan fingerprint density at radius 2 is 1.52 bits per heavy atom. The van der Waals surface area contributed by atoms with E-state index in [0.717, 1.165) is 5.75 Å². The van der Waals surface area contributed by atoms with E-state index in [-0.39, 0.29) is 11.6 Å². The number of amides is 1. The lowest BCUT2D eigenvalue weighted by Gasteiger charge is -2.15. The van der Waals surface area contributed by atoms with Crippen LogP contribution in [-0.4, -0.2) is 22.0 Å². The van der Waals surface area contributed by atoms with Gasteiger partial charge in [0.15, 0.2) is 6.10 Å². The van der Waals surface area contributed by atoms with Gasteiger partial charge in [-0.05, 0) is 61.5 Å². The van der Waals surface area contributed by atoms with Crippen molar-refractivity contribution in [2.24, 2.45) is 0 Å². The van der Waals surface area contributed by atoms with Gasteiger partial charge in [-0.3, -0.25) is 4.79 Å². The first-order valence-electron chi connectivity index (χ1n) is 9.09. The molecule has 0 spiro atoms. The Morgan fingerprint density at radius 1 is 0.862 bits per heavy atom. The van der Waals surface area contributed by atoms with E-state index >= 15 is 0 Å². The third-order valence-corrected chi connectivity index (χ3v) is 4.27. The number of nitrogens with one attached hydrogen (secondary N) is 3. The van der Waals surface area contributed by atoms with Crippen molar-refractivity contribution in [2.45, 2.75) is 13.0 Å². The summed E-state index contributed by atoms with van der Waals surface area (Å²) in [6, 6.07) is 21.7. The van der Waals surface area contributed by atoms with Crippen LogP contribution in [0.25, 0.3) is 11.0 Å². The summed E-state index contributed by atoms with van der Waals surface area (Å²) in [7, 11) is 0. The third-order valence-electron chi connectivity index (χ3n) is 4.27. The van der Waals surface area contributed by atoms with Gasteiger partial charge in [0.25, 0.3) is 5.91 Å². The average Bonchev–Trinajstić information content (AvgIpc) is 3.09. The van der Waals surface area contributed by atoms with Crippen LogP contribution in [0, 0.1) is 0 Å². The van der Waals surface area contributed by atoms with Crippen LogP contribution in [0.1, 0.15) is 6.92 Å². The summed E-state index contributed by atoms with van der Waals surface area (Å²) < 4.78 is 11.5. The number of rotatable bonds is 6. The lowest BCUT2D eigenvalue weighted by Crippen LogP contribution is -2.30. The molecule has 0 fully saturated rings. The first kappa shape index (κ1) is 18.4. The third kappa shape index (κ3) is 4.47. The van der Waals surface area contributed by atoms with Gasteiger partial charge < -0.3 is 24.8 Å². The van der Waals surface area contributed by atoms with Crippen LogP contribution in [0.5, 0.6) is 17.2 Å². The van der Waals surface area contributed by atoms with Crippen molar-refractivity contribution in [2.75, 3.05) is 5.32 Å². The highest BCUT2D eigenvalue weighted by molar-refractivity contribution is 5.95. The number of hydrogen-bond acceptors (Lipinski definition) is 4. The Balaban J connectivity index is 1.36. The minimum Gasteiger partial charge on any atom is -0.481 e. The Morgan fingerprint density at radius 3 is 2.28 bits per heavy atom. The number of hydrogen-bond donors (Lipinski definition) is 3. The molecule has 3 N–H and O–H groups in total. The molecular formula is C22H19N3O4. The van der Waals surface area contributed by atoms with E-state index in [0.29, 0.717) is 28.2 Å². The van der Waals surface area contributed by atoms with Gasteiger partial charge in [-0.25, -0.2) is 4.79 Å². The maximum atomic E-state index is 12.4. The highest BCUT2D eigenvalue weighted by Crippen LogP contribution is 2.24. The van der Waals surface area contributed by atoms with Gasteiger partial charge in [0, 0.05) is 5.69 Å². The molecule has 146 valence electrons. The molecule has 1 unspecified atom stereocenters. The number of imidazole rings is 1. The SMILES string of the molecule is CC(Oc1ccc(Oc2ccccc2)cc1)C(=O)Nc1ccc2[nH]c(=O)[nH]c2c1. The number of aromatic nitrogens is 2. The van der Waals surface area contributed by atoms with E-state index < -0.39 is 6.10 Å². The number of carbonyl (C=O) groups excluding carboxylic acids is 1. The van der Waals surface area contributed by atoms with Gasteiger partial charge in [0.1, 0.15) is 17.2 Å². The molecule has 0 saturated heterocycles. The molecule has 0 aliphatic carbocycles. The van der Waals surface area contributed by atoms with Crippen LogP contribution in [0.4, 0.5) is 5.69 Å². The van der Waals surface area contributed by atoms with Crippen molar-refractivity contribution in [3.8, 4) is 17.2 Å². The molecule has 4 rings (SSSR count). The van der Waals surface area contributed by atoms with E-state index in [1.165, 1.54) is 0 Å².